The first-order valence-electron chi connectivity index (χ1n) is 13.7. The second-order valence-corrected chi connectivity index (χ2v) is 10.6. The van der Waals surface area contributed by atoms with Crippen LogP contribution in [0.2, 0.25) is 10.2 Å². The van der Waals surface area contributed by atoms with Crippen molar-refractivity contribution in [3.63, 3.8) is 0 Å². The molecule has 1 N–H and O–H groups in total. The molecule has 7 aromatic rings. The predicted molar refractivity (Wildman–Crippen MR) is 179 cm³/mol. The molecule has 3 heterocycles. The van der Waals surface area contributed by atoms with Crippen LogP contribution < -0.4 is 5.32 Å². The van der Waals surface area contributed by atoms with Crippen molar-refractivity contribution >= 4 is 90.0 Å². The maximum atomic E-state index is 12.2. The van der Waals surface area contributed by atoms with Crippen molar-refractivity contribution in [1.82, 2.24) is 15.0 Å². The molecule has 0 spiro atoms. The number of hydrogen-bond acceptors (Lipinski definition) is 8. The van der Waals surface area contributed by atoms with Gasteiger partial charge < -0.3 is 14.8 Å². The number of rotatable bonds is 4. The molecule has 0 atom stereocenters. The zero-order chi connectivity index (χ0) is 31.5. The van der Waals surface area contributed by atoms with Crippen molar-refractivity contribution in [2.24, 2.45) is 0 Å². The Morgan fingerprint density at radius 3 is 1.91 bits per heavy atom. The minimum absolute atomic E-state index is 0.348. The van der Waals surface area contributed by atoms with E-state index in [1.807, 2.05) is 66.7 Å². The first-order valence-corrected chi connectivity index (χ1v) is 14.5. The number of halogens is 2. The van der Waals surface area contributed by atoms with Gasteiger partial charge in [0.15, 0.2) is 0 Å². The third-order valence-electron chi connectivity index (χ3n) is 7.21. The molecule has 0 fully saturated rings. The summed E-state index contributed by atoms with van der Waals surface area (Å²) < 4.78 is 9.67. The van der Waals surface area contributed by atoms with E-state index in [2.05, 4.69) is 15.3 Å². The Bertz CT molecular complexity index is 2260. The minimum Gasteiger partial charge on any atom is -0.465 e. The molecule has 10 heteroatoms. The summed E-state index contributed by atoms with van der Waals surface area (Å²) in [6.45, 7) is 0. The summed E-state index contributed by atoms with van der Waals surface area (Å²) in [4.78, 5) is 37.1. The number of esters is 2. The Labute approximate surface area is 267 Å². The van der Waals surface area contributed by atoms with Gasteiger partial charge in [-0.2, -0.15) is 0 Å². The van der Waals surface area contributed by atoms with E-state index in [1.165, 1.54) is 14.2 Å². The van der Waals surface area contributed by atoms with Crippen LogP contribution in [0.1, 0.15) is 20.7 Å². The molecule has 3 aromatic heterocycles. The van der Waals surface area contributed by atoms with Gasteiger partial charge in [-0.15, -0.1) is 0 Å². The fourth-order valence-electron chi connectivity index (χ4n) is 5.15. The second kappa shape index (κ2) is 12.7. The number of pyridine rings is 3. The summed E-state index contributed by atoms with van der Waals surface area (Å²) in [6.07, 6.45) is 3.37. The Morgan fingerprint density at radius 1 is 0.644 bits per heavy atom. The summed E-state index contributed by atoms with van der Waals surface area (Å²) in [6, 6.07) is 28.0. The number of nitrogens with zero attached hydrogens (tertiary/aromatic N) is 3. The second-order valence-electron chi connectivity index (χ2n) is 9.85. The third kappa shape index (κ3) is 5.81. The lowest BCUT2D eigenvalue weighted by Gasteiger charge is -2.13. The highest BCUT2D eigenvalue weighted by molar-refractivity contribution is 6.36. The monoisotopic (exact) mass is 634 g/mol. The average Bonchev–Trinajstić information content (AvgIpc) is 3.08. The number of anilines is 2. The van der Waals surface area contributed by atoms with Gasteiger partial charge in [0.05, 0.1) is 36.4 Å². The van der Waals surface area contributed by atoms with Crippen molar-refractivity contribution in [2.45, 2.75) is 0 Å². The molecule has 0 aliphatic rings. The van der Waals surface area contributed by atoms with E-state index in [4.69, 9.17) is 37.7 Å². The number of carbonyl (C=O) groups is 2. The van der Waals surface area contributed by atoms with Gasteiger partial charge in [-0.1, -0.05) is 77.8 Å². The first kappa shape index (κ1) is 29.7. The highest BCUT2D eigenvalue weighted by Crippen LogP contribution is 2.33. The highest BCUT2D eigenvalue weighted by Gasteiger charge is 2.17. The molecule has 0 unspecified atom stereocenters. The fraction of sp³-hybridized carbons (Fsp3) is 0.0571. The number of nitrogens with one attached hydrogen (secondary N) is 1. The normalized spacial score (nSPS) is 10.8. The van der Waals surface area contributed by atoms with Gasteiger partial charge in [0.2, 0.25) is 0 Å². The van der Waals surface area contributed by atoms with Crippen LogP contribution in [-0.2, 0) is 9.47 Å². The summed E-state index contributed by atoms with van der Waals surface area (Å²) >= 11 is 12.3. The summed E-state index contributed by atoms with van der Waals surface area (Å²) in [7, 11) is 2.71. The van der Waals surface area contributed by atoms with Crippen LogP contribution in [0.3, 0.4) is 0 Å². The molecule has 8 nitrogen and oxygen atoms in total. The first-order chi connectivity index (χ1) is 21.9. The Kier molecular flexibility index (Phi) is 8.42. The van der Waals surface area contributed by atoms with Gasteiger partial charge in [-0.3, -0.25) is 4.98 Å². The van der Waals surface area contributed by atoms with Gasteiger partial charge >= 0.3 is 11.9 Å². The summed E-state index contributed by atoms with van der Waals surface area (Å²) in [5, 5.41) is 9.67. The SMILES string of the molecule is COC(=O)c1cccc2c1nc(Cl)c1ccncc12.COC(=O)c1cccc2c1nc(Nc1cccc(Cl)c1)c1ccccc12. The zero-order valence-corrected chi connectivity index (χ0v) is 25.6. The number of carbonyl (C=O) groups excluding carboxylic acids is 2. The molecule has 0 bridgehead atoms. The predicted octanol–water partition coefficient (Wildman–Crippen LogP) is 8.79. The van der Waals surface area contributed by atoms with Crippen LogP contribution in [-0.4, -0.2) is 41.1 Å². The van der Waals surface area contributed by atoms with Crippen molar-refractivity contribution in [3.8, 4) is 0 Å². The molecule has 0 amide bonds. The Hall–Kier alpha value is -5.31. The van der Waals surface area contributed by atoms with Crippen LogP contribution in [0.4, 0.5) is 11.5 Å². The Morgan fingerprint density at radius 2 is 1.24 bits per heavy atom. The number of hydrogen-bond donors (Lipinski definition) is 1. The van der Waals surface area contributed by atoms with E-state index in [-0.39, 0.29) is 0 Å². The van der Waals surface area contributed by atoms with Crippen LogP contribution in [0.15, 0.2) is 103 Å². The maximum Gasteiger partial charge on any atom is 0.340 e. The number of fused-ring (bicyclic) bond motifs is 6. The van der Waals surface area contributed by atoms with Crippen LogP contribution in [0.25, 0.3) is 43.4 Å². The van der Waals surface area contributed by atoms with Gasteiger partial charge in [0.1, 0.15) is 11.0 Å². The van der Waals surface area contributed by atoms with Crippen LogP contribution >= 0.6 is 23.2 Å². The molecule has 222 valence electrons. The largest absolute Gasteiger partial charge is 0.465 e. The third-order valence-corrected chi connectivity index (χ3v) is 7.73. The van der Waals surface area contributed by atoms with E-state index in [9.17, 15) is 9.59 Å². The van der Waals surface area contributed by atoms with Gasteiger partial charge in [-0.25, -0.2) is 19.6 Å². The fourth-order valence-corrected chi connectivity index (χ4v) is 5.59. The smallest absolute Gasteiger partial charge is 0.340 e. The molecular weight excluding hydrogens is 611 g/mol. The maximum absolute atomic E-state index is 12.2. The molecule has 7 rings (SSSR count). The highest BCUT2D eigenvalue weighted by atomic mass is 35.5. The van der Waals surface area contributed by atoms with E-state index in [1.54, 1.807) is 36.7 Å². The Balaban J connectivity index is 0.000000167. The van der Waals surface area contributed by atoms with Crippen LogP contribution in [0.5, 0.6) is 0 Å². The lowest BCUT2D eigenvalue weighted by Crippen LogP contribution is -2.04. The number of methoxy groups -OCH3 is 2. The van der Waals surface area contributed by atoms with Gasteiger partial charge in [-0.05, 0) is 41.8 Å². The van der Waals surface area contributed by atoms with E-state index < -0.39 is 11.9 Å². The molecule has 0 aliphatic carbocycles. The van der Waals surface area contributed by atoms with Gasteiger partial charge in [0, 0.05) is 50.0 Å². The number of ether oxygens (including phenoxy) is 2. The van der Waals surface area contributed by atoms with E-state index >= 15 is 0 Å². The number of benzene rings is 4. The average molecular weight is 636 g/mol. The van der Waals surface area contributed by atoms with E-state index in [0.29, 0.717) is 38.2 Å². The van der Waals surface area contributed by atoms with Crippen molar-refractivity contribution in [3.05, 3.63) is 125 Å². The lowest BCUT2D eigenvalue weighted by molar-refractivity contribution is 0.0594. The van der Waals surface area contributed by atoms with E-state index in [0.717, 1.165) is 38.0 Å². The molecule has 0 aliphatic heterocycles. The standard InChI is InChI=1S/C21H15ClN2O2.C14H9ClN2O2/c1-26-21(25)18-11-5-10-16-15-8-2-3-9-17(15)20(24-19(16)18)23-14-7-4-6-13(22)12-14;1-19-14(18)10-4-2-3-8-11-7-16-6-5-9(11)13(15)17-12(8)10/h2-12H,1H3,(H,23,24);2-7H,1H3. The van der Waals surface area contributed by atoms with Crippen molar-refractivity contribution in [1.29, 1.82) is 0 Å². The topological polar surface area (TPSA) is 103 Å². The molecular formula is C35H24Cl2N4O4. The summed E-state index contributed by atoms with van der Waals surface area (Å²) in [5.74, 6) is -0.184. The van der Waals surface area contributed by atoms with Gasteiger partial charge in [0.25, 0.3) is 0 Å². The molecule has 4 aromatic carbocycles. The zero-order valence-electron chi connectivity index (χ0n) is 24.0. The molecule has 45 heavy (non-hydrogen) atoms. The molecule has 0 saturated carbocycles. The van der Waals surface area contributed by atoms with Crippen molar-refractivity contribution < 1.29 is 19.1 Å². The van der Waals surface area contributed by atoms with Crippen molar-refractivity contribution in [2.75, 3.05) is 19.5 Å². The summed E-state index contributed by atoms with van der Waals surface area (Å²) in [5.41, 5.74) is 2.78. The lowest BCUT2D eigenvalue weighted by atomic mass is 10.0. The minimum atomic E-state index is -0.433. The number of aromatic nitrogens is 3. The quantitative estimate of drug-likeness (QED) is 0.116. The number of para-hydroxylation sites is 2. The molecule has 0 radical (unpaired) electrons. The molecule has 0 saturated heterocycles. The van der Waals surface area contributed by atoms with Crippen LogP contribution in [0, 0.1) is 0 Å².